The van der Waals surface area contributed by atoms with Crippen LogP contribution >= 0.6 is 0 Å². The van der Waals surface area contributed by atoms with Gasteiger partial charge in [0.15, 0.2) is 0 Å². The van der Waals surface area contributed by atoms with Crippen molar-refractivity contribution in [1.29, 1.82) is 0 Å². The quantitative estimate of drug-likeness (QED) is 0.215. The van der Waals surface area contributed by atoms with Crippen LogP contribution in [0.25, 0.3) is 0 Å². The van der Waals surface area contributed by atoms with Crippen molar-refractivity contribution >= 4 is 29.4 Å². The van der Waals surface area contributed by atoms with Crippen molar-refractivity contribution in [3.63, 3.8) is 0 Å². The summed E-state index contributed by atoms with van der Waals surface area (Å²) < 4.78 is 4.86. The Hall–Kier alpha value is -4.05. The molecule has 4 N–H and O–H groups in total. The summed E-state index contributed by atoms with van der Waals surface area (Å²) in [5.74, 6) is -3.62. The Balaban J connectivity index is 2.09. The summed E-state index contributed by atoms with van der Waals surface area (Å²) in [5, 5.41) is 10.4. The molecule has 2 aromatic carbocycles. The predicted molar refractivity (Wildman–Crippen MR) is 142 cm³/mol. The van der Waals surface area contributed by atoms with Crippen molar-refractivity contribution in [2.45, 2.75) is 45.3 Å². The molecule has 3 atom stereocenters. The van der Waals surface area contributed by atoms with Crippen LogP contribution in [-0.2, 0) is 30.3 Å². The van der Waals surface area contributed by atoms with Gasteiger partial charge in [0.2, 0.25) is 17.6 Å². The summed E-state index contributed by atoms with van der Waals surface area (Å²) in [6, 6.07) is 14.6. The van der Waals surface area contributed by atoms with Crippen LogP contribution in [0.3, 0.4) is 0 Å². The fourth-order valence-electron chi connectivity index (χ4n) is 3.58. The molecule has 204 valence electrons. The van der Waals surface area contributed by atoms with Gasteiger partial charge in [0.1, 0.15) is 12.1 Å². The zero-order valence-electron chi connectivity index (χ0n) is 22.2. The molecule has 0 aromatic heterocycles. The monoisotopic (exact) mass is 524 g/mol. The number of rotatable bonds is 14. The molecule has 0 saturated carbocycles. The number of benzene rings is 2. The summed E-state index contributed by atoms with van der Waals surface area (Å²) in [5.41, 5.74) is 1.22. The second-order valence-corrected chi connectivity index (χ2v) is 9.16. The maximum absolute atomic E-state index is 13.2. The molecule has 3 unspecified atom stereocenters. The number of hydrogen-bond acceptors (Lipinski definition) is 6. The molecule has 0 fully saturated rings. The first-order valence-electron chi connectivity index (χ1n) is 12.5. The van der Waals surface area contributed by atoms with Gasteiger partial charge in [-0.05, 0) is 30.5 Å². The smallest absolute Gasteiger partial charge is 0.289 e. The number of ketones is 1. The molecule has 4 amide bonds. The van der Waals surface area contributed by atoms with Gasteiger partial charge in [-0.3, -0.25) is 24.0 Å². The minimum atomic E-state index is -1.08. The second kappa shape index (κ2) is 15.3. The summed E-state index contributed by atoms with van der Waals surface area (Å²) in [7, 11) is 1.47. The zero-order valence-corrected chi connectivity index (χ0v) is 22.2. The molecule has 0 aliphatic carbocycles. The summed E-state index contributed by atoms with van der Waals surface area (Å²) >= 11 is 0. The van der Waals surface area contributed by atoms with Gasteiger partial charge in [-0.2, -0.15) is 0 Å². The minimum absolute atomic E-state index is 0.157. The van der Waals surface area contributed by atoms with Crippen LogP contribution in [0, 0.1) is 5.92 Å². The Morgan fingerprint density at radius 2 is 1.39 bits per heavy atom. The van der Waals surface area contributed by atoms with Crippen molar-refractivity contribution in [3.05, 3.63) is 71.8 Å². The van der Waals surface area contributed by atoms with Crippen molar-refractivity contribution in [2.75, 3.05) is 20.3 Å². The SMILES string of the molecule is COCCNC(=O)C(=O)C(NC(=O)C(C)NC(=O)C(Cc1ccccc1)NC(=O)c1ccccc1)C(C)C. The maximum atomic E-state index is 13.2. The average Bonchev–Trinajstić information content (AvgIpc) is 2.91. The third-order valence-electron chi connectivity index (χ3n) is 5.75. The highest BCUT2D eigenvalue weighted by Gasteiger charge is 2.32. The second-order valence-electron chi connectivity index (χ2n) is 9.16. The molecule has 0 radical (unpaired) electrons. The van der Waals surface area contributed by atoms with Crippen LogP contribution in [0.15, 0.2) is 60.7 Å². The molecule has 2 rings (SSSR count). The zero-order chi connectivity index (χ0) is 28.1. The number of hydrogen-bond donors (Lipinski definition) is 4. The van der Waals surface area contributed by atoms with Gasteiger partial charge in [-0.15, -0.1) is 0 Å². The lowest BCUT2D eigenvalue weighted by Crippen LogP contribution is -2.57. The van der Waals surface area contributed by atoms with Crippen molar-refractivity contribution < 1.29 is 28.7 Å². The third-order valence-corrected chi connectivity index (χ3v) is 5.75. The highest BCUT2D eigenvalue weighted by molar-refractivity contribution is 6.38. The summed E-state index contributed by atoms with van der Waals surface area (Å²) in [6.07, 6.45) is 0.203. The van der Waals surface area contributed by atoms with Crippen LogP contribution in [0.1, 0.15) is 36.7 Å². The largest absolute Gasteiger partial charge is 0.383 e. The Labute approximate surface area is 222 Å². The molecule has 0 bridgehead atoms. The van der Waals surface area contributed by atoms with Crippen LogP contribution in [0.5, 0.6) is 0 Å². The summed E-state index contributed by atoms with van der Waals surface area (Å²) in [6.45, 7) is 5.26. The van der Waals surface area contributed by atoms with E-state index in [0.29, 0.717) is 5.56 Å². The van der Waals surface area contributed by atoms with Crippen LogP contribution in [-0.4, -0.2) is 67.8 Å². The van der Waals surface area contributed by atoms with Gasteiger partial charge in [-0.25, -0.2) is 0 Å². The average molecular weight is 525 g/mol. The highest BCUT2D eigenvalue weighted by Crippen LogP contribution is 2.07. The number of carbonyl (C=O) groups excluding carboxylic acids is 5. The van der Waals surface area contributed by atoms with Crippen LogP contribution in [0.2, 0.25) is 0 Å². The van der Waals surface area contributed by atoms with E-state index in [4.69, 9.17) is 4.74 Å². The molecular formula is C28H36N4O6. The van der Waals surface area contributed by atoms with E-state index in [1.165, 1.54) is 14.0 Å². The fourth-order valence-corrected chi connectivity index (χ4v) is 3.58. The predicted octanol–water partition coefficient (Wildman–Crippen LogP) is 1.00. The first kappa shape index (κ1) is 30.2. The Morgan fingerprint density at radius 1 is 0.789 bits per heavy atom. The first-order chi connectivity index (χ1) is 18.1. The van der Waals surface area contributed by atoms with E-state index in [1.54, 1.807) is 44.2 Å². The lowest BCUT2D eigenvalue weighted by Gasteiger charge is -2.25. The van der Waals surface area contributed by atoms with E-state index in [0.717, 1.165) is 5.56 Å². The van der Waals surface area contributed by atoms with E-state index >= 15 is 0 Å². The van der Waals surface area contributed by atoms with Crippen molar-refractivity contribution in [2.24, 2.45) is 5.92 Å². The molecule has 0 heterocycles. The standard InChI is InChI=1S/C28H36N4O6/c1-18(2)23(24(33)28(37)29-15-16-38-4)32-25(34)19(3)30-27(36)22(17-20-11-7-5-8-12-20)31-26(35)21-13-9-6-10-14-21/h5-14,18-19,22-23H,15-17H2,1-4H3,(H,29,37)(H,30,36)(H,31,35)(H,32,34). The molecule has 0 aliphatic rings. The molecular weight excluding hydrogens is 488 g/mol. The third kappa shape index (κ3) is 9.44. The number of methoxy groups -OCH3 is 1. The van der Waals surface area contributed by atoms with Gasteiger partial charge >= 0.3 is 0 Å². The lowest BCUT2D eigenvalue weighted by molar-refractivity contribution is -0.141. The van der Waals surface area contributed by atoms with Gasteiger partial charge in [0.25, 0.3) is 11.8 Å². The van der Waals surface area contributed by atoms with E-state index < -0.39 is 47.5 Å². The van der Waals surface area contributed by atoms with Gasteiger partial charge in [-0.1, -0.05) is 62.4 Å². The number of amides is 4. The van der Waals surface area contributed by atoms with E-state index in [2.05, 4.69) is 21.3 Å². The number of carbonyl (C=O) groups is 5. The Bertz CT molecular complexity index is 1090. The van der Waals surface area contributed by atoms with E-state index in [-0.39, 0.29) is 25.5 Å². The minimum Gasteiger partial charge on any atom is -0.383 e. The van der Waals surface area contributed by atoms with Gasteiger partial charge in [0.05, 0.1) is 12.6 Å². The molecule has 2 aromatic rings. The van der Waals surface area contributed by atoms with E-state index in [1.807, 2.05) is 30.3 Å². The first-order valence-corrected chi connectivity index (χ1v) is 12.5. The van der Waals surface area contributed by atoms with E-state index in [9.17, 15) is 24.0 Å². The summed E-state index contributed by atoms with van der Waals surface area (Å²) in [4.78, 5) is 63.7. The normalized spacial score (nSPS) is 13.1. The Morgan fingerprint density at radius 3 is 1.97 bits per heavy atom. The van der Waals surface area contributed by atoms with Gasteiger partial charge in [0, 0.05) is 25.6 Å². The van der Waals surface area contributed by atoms with Crippen molar-refractivity contribution in [1.82, 2.24) is 21.3 Å². The molecule has 10 heteroatoms. The van der Waals surface area contributed by atoms with Crippen LogP contribution in [0.4, 0.5) is 0 Å². The number of Topliss-reactive ketones (excluding diaryl/α,β-unsaturated/α-hetero) is 1. The molecule has 0 aliphatic heterocycles. The number of ether oxygens (including phenoxy) is 1. The molecule has 10 nitrogen and oxygen atoms in total. The highest BCUT2D eigenvalue weighted by atomic mass is 16.5. The lowest BCUT2D eigenvalue weighted by atomic mass is 9.98. The topological polar surface area (TPSA) is 143 Å². The van der Waals surface area contributed by atoms with Crippen LogP contribution < -0.4 is 21.3 Å². The Kier molecular flexibility index (Phi) is 12.1. The van der Waals surface area contributed by atoms with Crippen molar-refractivity contribution in [3.8, 4) is 0 Å². The maximum Gasteiger partial charge on any atom is 0.289 e. The van der Waals surface area contributed by atoms with Gasteiger partial charge < -0.3 is 26.0 Å². The fraction of sp³-hybridized carbons (Fsp3) is 0.393. The number of nitrogens with one attached hydrogen (secondary N) is 4. The molecule has 0 saturated heterocycles. The molecule has 0 spiro atoms. The molecule has 38 heavy (non-hydrogen) atoms.